The number of phenolic OH excluding ortho intramolecular Hbond substituents is 1. The van der Waals surface area contributed by atoms with Crippen molar-refractivity contribution in [1.82, 2.24) is 4.90 Å². The molecule has 0 aliphatic rings. The van der Waals surface area contributed by atoms with Crippen LogP contribution in [0.4, 0.5) is 0 Å². The summed E-state index contributed by atoms with van der Waals surface area (Å²) in [5, 5.41) is 9.16. The van der Waals surface area contributed by atoms with Gasteiger partial charge < -0.3 is 14.7 Å². The summed E-state index contributed by atoms with van der Waals surface area (Å²) in [6, 6.07) is 6.16. The largest absolute Gasteiger partial charge is 0.508 e. The van der Waals surface area contributed by atoms with Crippen LogP contribution in [0.1, 0.15) is 10.4 Å². The lowest BCUT2D eigenvalue weighted by molar-refractivity contribution is 0.0708. The number of phenols is 1. The van der Waals surface area contributed by atoms with Gasteiger partial charge in [-0.05, 0) is 24.3 Å². The molecule has 1 N–H and O–H groups in total. The van der Waals surface area contributed by atoms with Crippen molar-refractivity contribution >= 4 is 17.5 Å². The fraction of sp³-hybridized carbons (Fsp3) is 0.417. The highest BCUT2D eigenvalue weighted by atomic mass is 35.5. The Balaban J connectivity index is 2.72. The molecule has 0 saturated carbocycles. The summed E-state index contributed by atoms with van der Waals surface area (Å²) in [4.78, 5) is 13.7. The summed E-state index contributed by atoms with van der Waals surface area (Å²) in [6.45, 7) is 1.45. The molecule has 0 radical (unpaired) electrons. The van der Waals surface area contributed by atoms with Crippen LogP contribution in [0.5, 0.6) is 5.75 Å². The minimum atomic E-state index is -0.109. The smallest absolute Gasteiger partial charge is 0.253 e. The third-order valence-electron chi connectivity index (χ3n) is 2.32. The summed E-state index contributed by atoms with van der Waals surface area (Å²) >= 11 is 5.66. The van der Waals surface area contributed by atoms with Gasteiger partial charge in [-0.3, -0.25) is 4.79 Å². The maximum Gasteiger partial charge on any atom is 0.253 e. The van der Waals surface area contributed by atoms with Gasteiger partial charge in [-0.1, -0.05) is 0 Å². The molecule has 17 heavy (non-hydrogen) atoms. The summed E-state index contributed by atoms with van der Waals surface area (Å²) in [5.41, 5.74) is 0.531. The van der Waals surface area contributed by atoms with E-state index in [0.717, 1.165) is 0 Å². The monoisotopic (exact) mass is 257 g/mol. The molecule has 1 amide bonds. The molecule has 1 aromatic carbocycles. The average molecular weight is 258 g/mol. The Morgan fingerprint density at radius 2 is 2.00 bits per heavy atom. The molecule has 0 spiro atoms. The van der Waals surface area contributed by atoms with Crippen molar-refractivity contribution in [1.29, 1.82) is 0 Å². The third-order valence-corrected chi connectivity index (χ3v) is 2.49. The molecule has 5 heteroatoms. The minimum absolute atomic E-state index is 0.109. The maximum atomic E-state index is 12.1. The lowest BCUT2D eigenvalue weighted by atomic mass is 10.2. The number of hydrogen-bond donors (Lipinski definition) is 1. The number of aromatic hydroxyl groups is 1. The van der Waals surface area contributed by atoms with Crippen LogP contribution in [0.2, 0.25) is 0 Å². The van der Waals surface area contributed by atoms with E-state index in [4.69, 9.17) is 21.4 Å². The standard InChI is InChI=1S/C12H16ClNO3/c1-17-9-8-14(7-6-13)12(16)10-2-4-11(15)5-3-10/h2-5,15H,6-9H2,1H3. The number of rotatable bonds is 6. The molecule has 4 nitrogen and oxygen atoms in total. The lowest BCUT2D eigenvalue weighted by Crippen LogP contribution is -2.35. The second-order valence-electron chi connectivity index (χ2n) is 3.52. The van der Waals surface area contributed by atoms with Crippen LogP contribution in [-0.4, -0.2) is 48.6 Å². The molecule has 0 atom stereocenters. The van der Waals surface area contributed by atoms with Gasteiger partial charge in [0.05, 0.1) is 6.61 Å². The number of methoxy groups -OCH3 is 1. The molecular weight excluding hydrogens is 242 g/mol. The fourth-order valence-corrected chi connectivity index (χ4v) is 1.61. The van der Waals surface area contributed by atoms with Crippen LogP contribution in [0.25, 0.3) is 0 Å². The topological polar surface area (TPSA) is 49.8 Å². The van der Waals surface area contributed by atoms with E-state index in [2.05, 4.69) is 0 Å². The predicted octanol–water partition coefficient (Wildman–Crippen LogP) is 1.72. The predicted molar refractivity (Wildman–Crippen MR) is 66.6 cm³/mol. The number of halogens is 1. The fourth-order valence-electron chi connectivity index (χ4n) is 1.40. The highest BCUT2D eigenvalue weighted by Gasteiger charge is 2.14. The van der Waals surface area contributed by atoms with E-state index in [0.29, 0.717) is 31.1 Å². The van der Waals surface area contributed by atoms with Gasteiger partial charge in [0, 0.05) is 31.6 Å². The summed E-state index contributed by atoms with van der Waals surface area (Å²) in [5.74, 6) is 0.415. The summed E-state index contributed by atoms with van der Waals surface area (Å²) in [7, 11) is 1.59. The minimum Gasteiger partial charge on any atom is -0.508 e. The quantitative estimate of drug-likeness (QED) is 0.790. The zero-order valence-electron chi connectivity index (χ0n) is 9.73. The zero-order valence-corrected chi connectivity index (χ0v) is 10.5. The number of carbonyl (C=O) groups excluding carboxylic acids is 1. The van der Waals surface area contributed by atoms with Crippen molar-refractivity contribution in [2.24, 2.45) is 0 Å². The van der Waals surface area contributed by atoms with Gasteiger partial charge in [0.1, 0.15) is 5.75 Å². The molecular formula is C12H16ClNO3. The number of nitrogens with zero attached hydrogens (tertiary/aromatic N) is 1. The highest BCUT2D eigenvalue weighted by Crippen LogP contribution is 2.11. The number of hydrogen-bond acceptors (Lipinski definition) is 3. The molecule has 1 aromatic rings. The number of benzene rings is 1. The van der Waals surface area contributed by atoms with Crippen molar-refractivity contribution in [3.05, 3.63) is 29.8 Å². The summed E-state index contributed by atoms with van der Waals surface area (Å²) in [6.07, 6.45) is 0. The number of amides is 1. The number of carbonyl (C=O) groups is 1. The molecule has 0 unspecified atom stereocenters. The highest BCUT2D eigenvalue weighted by molar-refractivity contribution is 6.18. The number of ether oxygens (including phenoxy) is 1. The SMILES string of the molecule is COCCN(CCCl)C(=O)c1ccc(O)cc1. The molecule has 0 aliphatic heterocycles. The first-order chi connectivity index (χ1) is 8.19. The average Bonchev–Trinajstić information content (AvgIpc) is 2.34. The van der Waals surface area contributed by atoms with Crippen LogP contribution in [0.15, 0.2) is 24.3 Å². The van der Waals surface area contributed by atoms with Gasteiger partial charge in [0.2, 0.25) is 0 Å². The Bertz CT molecular complexity index is 353. The van der Waals surface area contributed by atoms with Crippen molar-refractivity contribution in [3.8, 4) is 5.75 Å². The summed E-state index contributed by atoms with van der Waals surface area (Å²) < 4.78 is 4.95. The van der Waals surface area contributed by atoms with E-state index in [1.165, 1.54) is 12.1 Å². The lowest BCUT2D eigenvalue weighted by Gasteiger charge is -2.21. The second kappa shape index (κ2) is 7.14. The Kier molecular flexibility index (Phi) is 5.80. The van der Waals surface area contributed by atoms with Crippen molar-refractivity contribution in [2.45, 2.75) is 0 Å². The number of alkyl halides is 1. The van der Waals surface area contributed by atoms with Crippen LogP contribution >= 0.6 is 11.6 Å². The van der Waals surface area contributed by atoms with Crippen molar-refractivity contribution < 1.29 is 14.6 Å². The van der Waals surface area contributed by atoms with Crippen molar-refractivity contribution in [3.63, 3.8) is 0 Å². The van der Waals surface area contributed by atoms with Gasteiger partial charge in [0.15, 0.2) is 0 Å². The van der Waals surface area contributed by atoms with Crippen molar-refractivity contribution in [2.75, 3.05) is 32.7 Å². The first-order valence-electron chi connectivity index (χ1n) is 5.32. The van der Waals surface area contributed by atoms with E-state index in [1.54, 1.807) is 24.1 Å². The van der Waals surface area contributed by atoms with Crippen LogP contribution in [0.3, 0.4) is 0 Å². The van der Waals surface area contributed by atoms with Gasteiger partial charge in [-0.25, -0.2) is 0 Å². The van der Waals surface area contributed by atoms with E-state index in [-0.39, 0.29) is 11.7 Å². The van der Waals surface area contributed by atoms with Gasteiger partial charge >= 0.3 is 0 Å². The Morgan fingerprint density at radius 3 is 2.53 bits per heavy atom. The maximum absolute atomic E-state index is 12.1. The first kappa shape index (κ1) is 13.8. The molecule has 0 aliphatic carbocycles. The first-order valence-corrected chi connectivity index (χ1v) is 5.85. The van der Waals surface area contributed by atoms with Gasteiger partial charge in [0.25, 0.3) is 5.91 Å². The third kappa shape index (κ3) is 4.24. The van der Waals surface area contributed by atoms with Crippen LogP contribution < -0.4 is 0 Å². The normalized spacial score (nSPS) is 10.2. The Morgan fingerprint density at radius 1 is 1.35 bits per heavy atom. The van der Waals surface area contributed by atoms with Gasteiger partial charge in [-0.15, -0.1) is 11.6 Å². The Hall–Kier alpha value is -1.26. The molecule has 0 bridgehead atoms. The van der Waals surface area contributed by atoms with E-state index in [9.17, 15) is 4.79 Å². The van der Waals surface area contributed by atoms with Gasteiger partial charge in [-0.2, -0.15) is 0 Å². The van der Waals surface area contributed by atoms with E-state index in [1.807, 2.05) is 0 Å². The second-order valence-corrected chi connectivity index (χ2v) is 3.90. The van der Waals surface area contributed by atoms with E-state index < -0.39 is 0 Å². The van der Waals surface area contributed by atoms with Crippen LogP contribution in [0, 0.1) is 0 Å². The van der Waals surface area contributed by atoms with Crippen LogP contribution in [-0.2, 0) is 4.74 Å². The molecule has 1 rings (SSSR count). The molecule has 0 saturated heterocycles. The molecule has 0 heterocycles. The molecule has 0 aromatic heterocycles. The molecule has 0 fully saturated rings. The Labute approximate surface area is 106 Å². The van der Waals surface area contributed by atoms with E-state index >= 15 is 0 Å². The zero-order chi connectivity index (χ0) is 12.7. The molecule has 94 valence electrons.